The number of rotatable bonds is 3. The van der Waals surface area contributed by atoms with Crippen LogP contribution in [0.1, 0.15) is 22.5 Å². The standard InChI is InChI=1S/C14H14N2O2S/c1-9-12(8-11-6-4-3-5-7-11)10(2)16-13(15-9)19-14(17)18/h3-7H,8H2,1-2H3,(H,17,18). The van der Waals surface area contributed by atoms with E-state index in [1.807, 2.05) is 32.0 Å². The lowest BCUT2D eigenvalue weighted by Gasteiger charge is -2.09. The lowest BCUT2D eigenvalue weighted by Crippen LogP contribution is -2.04. The van der Waals surface area contributed by atoms with Crippen molar-refractivity contribution in [2.75, 3.05) is 0 Å². The molecule has 98 valence electrons. The van der Waals surface area contributed by atoms with Gasteiger partial charge in [0, 0.05) is 29.6 Å². The summed E-state index contributed by atoms with van der Waals surface area (Å²) >= 11 is 0.636. The van der Waals surface area contributed by atoms with E-state index in [0.29, 0.717) is 16.9 Å². The predicted molar refractivity (Wildman–Crippen MR) is 74.6 cm³/mol. The fourth-order valence-corrected chi connectivity index (χ4v) is 2.41. The maximum atomic E-state index is 10.7. The predicted octanol–water partition coefficient (Wildman–Crippen LogP) is 3.45. The highest BCUT2D eigenvalue weighted by Gasteiger charge is 2.11. The monoisotopic (exact) mass is 274 g/mol. The van der Waals surface area contributed by atoms with E-state index in [1.54, 1.807) is 0 Å². The summed E-state index contributed by atoms with van der Waals surface area (Å²) in [4.78, 5) is 19.1. The fraction of sp³-hybridized carbons (Fsp3) is 0.214. The van der Waals surface area contributed by atoms with Crippen LogP contribution < -0.4 is 0 Å². The van der Waals surface area contributed by atoms with E-state index in [1.165, 1.54) is 5.56 Å². The average Bonchev–Trinajstić information content (AvgIpc) is 2.34. The Hall–Kier alpha value is -1.88. The van der Waals surface area contributed by atoms with Gasteiger partial charge in [-0.15, -0.1) is 0 Å². The molecule has 1 aromatic heterocycles. The minimum Gasteiger partial charge on any atom is -0.473 e. The quantitative estimate of drug-likeness (QED) is 0.686. The number of nitrogens with zero attached hydrogens (tertiary/aromatic N) is 2. The van der Waals surface area contributed by atoms with Crippen LogP contribution in [0.3, 0.4) is 0 Å². The van der Waals surface area contributed by atoms with Crippen LogP contribution in [0.5, 0.6) is 0 Å². The maximum absolute atomic E-state index is 10.7. The van der Waals surface area contributed by atoms with E-state index < -0.39 is 5.30 Å². The first-order chi connectivity index (χ1) is 9.06. The Bertz CT molecular complexity index is 577. The molecule has 1 N–H and O–H groups in total. The van der Waals surface area contributed by atoms with Gasteiger partial charge >= 0.3 is 5.30 Å². The molecule has 1 heterocycles. The molecule has 0 aliphatic rings. The fourth-order valence-electron chi connectivity index (χ4n) is 1.89. The SMILES string of the molecule is Cc1nc(SC(=O)O)nc(C)c1Cc1ccccc1. The smallest absolute Gasteiger partial charge is 0.372 e. The molecular formula is C14H14N2O2S. The van der Waals surface area contributed by atoms with E-state index in [2.05, 4.69) is 22.1 Å². The second-order valence-electron chi connectivity index (χ2n) is 4.19. The summed E-state index contributed by atoms with van der Waals surface area (Å²) < 4.78 is 0. The van der Waals surface area contributed by atoms with Crippen molar-refractivity contribution in [3.63, 3.8) is 0 Å². The first kappa shape index (κ1) is 13.5. The Kier molecular flexibility index (Phi) is 4.16. The van der Waals surface area contributed by atoms with Crippen LogP contribution >= 0.6 is 11.8 Å². The Morgan fingerprint density at radius 2 is 1.74 bits per heavy atom. The zero-order chi connectivity index (χ0) is 13.8. The Balaban J connectivity index is 2.29. The normalized spacial score (nSPS) is 10.4. The highest BCUT2D eigenvalue weighted by molar-refractivity contribution is 8.13. The zero-order valence-electron chi connectivity index (χ0n) is 10.8. The molecule has 0 fully saturated rings. The molecule has 0 aliphatic carbocycles. The van der Waals surface area contributed by atoms with Gasteiger partial charge in [-0.25, -0.2) is 14.8 Å². The molecule has 0 radical (unpaired) electrons. The van der Waals surface area contributed by atoms with Crippen LogP contribution in [0.25, 0.3) is 0 Å². The molecule has 0 amide bonds. The third kappa shape index (κ3) is 3.54. The van der Waals surface area contributed by atoms with Crippen molar-refractivity contribution >= 4 is 17.1 Å². The van der Waals surface area contributed by atoms with E-state index in [4.69, 9.17) is 5.11 Å². The molecule has 2 rings (SSSR count). The summed E-state index contributed by atoms with van der Waals surface area (Å²) in [5, 5.41) is 8.04. The van der Waals surface area contributed by atoms with Crippen LogP contribution in [0.2, 0.25) is 0 Å². The summed E-state index contributed by atoms with van der Waals surface area (Å²) in [5.74, 6) is 0. The Morgan fingerprint density at radius 3 is 2.26 bits per heavy atom. The number of carboxylic acid groups (broad SMARTS) is 1. The van der Waals surface area contributed by atoms with Gasteiger partial charge in [-0.3, -0.25) is 0 Å². The largest absolute Gasteiger partial charge is 0.473 e. The van der Waals surface area contributed by atoms with Crippen molar-refractivity contribution in [2.24, 2.45) is 0 Å². The number of hydrogen-bond acceptors (Lipinski definition) is 4. The second-order valence-corrected chi connectivity index (χ2v) is 5.10. The number of hydrogen-bond donors (Lipinski definition) is 1. The van der Waals surface area contributed by atoms with E-state index >= 15 is 0 Å². The zero-order valence-corrected chi connectivity index (χ0v) is 11.6. The van der Waals surface area contributed by atoms with Gasteiger partial charge < -0.3 is 5.11 Å². The third-order valence-electron chi connectivity index (χ3n) is 2.80. The van der Waals surface area contributed by atoms with Gasteiger partial charge in [0.2, 0.25) is 0 Å². The van der Waals surface area contributed by atoms with E-state index in [9.17, 15) is 4.79 Å². The first-order valence-electron chi connectivity index (χ1n) is 5.85. The average molecular weight is 274 g/mol. The molecule has 0 saturated heterocycles. The minimum absolute atomic E-state index is 0.291. The molecule has 5 heteroatoms. The molecule has 0 unspecified atom stereocenters. The summed E-state index contributed by atoms with van der Waals surface area (Å²) in [6.07, 6.45) is 0.760. The number of thioether (sulfide) groups is 1. The van der Waals surface area contributed by atoms with E-state index in [0.717, 1.165) is 23.4 Å². The molecular weight excluding hydrogens is 260 g/mol. The lowest BCUT2D eigenvalue weighted by molar-refractivity contribution is 0.222. The number of carbonyl (C=O) groups is 1. The van der Waals surface area contributed by atoms with Crippen molar-refractivity contribution in [1.82, 2.24) is 9.97 Å². The summed E-state index contributed by atoms with van der Waals surface area (Å²) in [6, 6.07) is 10.1. The molecule has 0 aliphatic heterocycles. The first-order valence-corrected chi connectivity index (χ1v) is 6.66. The molecule has 19 heavy (non-hydrogen) atoms. The van der Waals surface area contributed by atoms with Gasteiger partial charge in [-0.1, -0.05) is 30.3 Å². The highest BCUT2D eigenvalue weighted by Crippen LogP contribution is 2.20. The number of aryl methyl sites for hydroxylation is 2. The van der Waals surface area contributed by atoms with Gasteiger partial charge in [-0.05, 0) is 25.0 Å². The highest BCUT2D eigenvalue weighted by atomic mass is 32.2. The maximum Gasteiger partial charge on any atom is 0.372 e. The molecule has 0 atom stereocenters. The van der Waals surface area contributed by atoms with Crippen molar-refractivity contribution in [2.45, 2.75) is 25.4 Å². The van der Waals surface area contributed by atoms with Gasteiger partial charge in [0.15, 0.2) is 5.16 Å². The number of benzene rings is 1. The third-order valence-corrected chi connectivity index (χ3v) is 3.34. The van der Waals surface area contributed by atoms with Crippen molar-refractivity contribution < 1.29 is 9.90 Å². The van der Waals surface area contributed by atoms with Gasteiger partial charge in [0.25, 0.3) is 0 Å². The number of aromatic nitrogens is 2. The Labute approximate surface area is 115 Å². The molecule has 2 aromatic rings. The van der Waals surface area contributed by atoms with Gasteiger partial charge in [0.1, 0.15) is 0 Å². The van der Waals surface area contributed by atoms with E-state index in [-0.39, 0.29) is 0 Å². The van der Waals surface area contributed by atoms with Gasteiger partial charge in [0.05, 0.1) is 0 Å². The van der Waals surface area contributed by atoms with Crippen LogP contribution in [0.4, 0.5) is 4.79 Å². The van der Waals surface area contributed by atoms with Crippen LogP contribution in [-0.4, -0.2) is 20.4 Å². The van der Waals surface area contributed by atoms with Crippen LogP contribution in [-0.2, 0) is 6.42 Å². The summed E-state index contributed by atoms with van der Waals surface area (Å²) in [6.45, 7) is 3.78. The van der Waals surface area contributed by atoms with Crippen molar-refractivity contribution in [3.8, 4) is 0 Å². The summed E-state index contributed by atoms with van der Waals surface area (Å²) in [7, 11) is 0. The Morgan fingerprint density at radius 1 is 1.16 bits per heavy atom. The molecule has 0 bridgehead atoms. The van der Waals surface area contributed by atoms with Crippen LogP contribution in [0.15, 0.2) is 35.5 Å². The summed E-state index contributed by atoms with van der Waals surface area (Å²) in [5.41, 5.74) is 3.91. The molecule has 1 aromatic carbocycles. The minimum atomic E-state index is -0.991. The molecule has 4 nitrogen and oxygen atoms in total. The molecule has 0 saturated carbocycles. The van der Waals surface area contributed by atoms with Crippen molar-refractivity contribution in [1.29, 1.82) is 0 Å². The molecule has 0 spiro atoms. The topological polar surface area (TPSA) is 63.1 Å². The second kappa shape index (κ2) is 5.84. The van der Waals surface area contributed by atoms with Crippen molar-refractivity contribution in [3.05, 3.63) is 52.8 Å². The van der Waals surface area contributed by atoms with Gasteiger partial charge in [-0.2, -0.15) is 0 Å². The van der Waals surface area contributed by atoms with Crippen LogP contribution in [0, 0.1) is 13.8 Å². The lowest BCUT2D eigenvalue weighted by atomic mass is 10.0.